The van der Waals surface area contributed by atoms with E-state index in [1.54, 1.807) is 18.3 Å². The lowest BCUT2D eigenvalue weighted by atomic mass is 10.1. The predicted molar refractivity (Wildman–Crippen MR) is 124 cm³/mol. The summed E-state index contributed by atoms with van der Waals surface area (Å²) in [5, 5.41) is 13.4. The van der Waals surface area contributed by atoms with E-state index in [1.165, 1.54) is 25.1 Å². The van der Waals surface area contributed by atoms with E-state index in [9.17, 15) is 4.79 Å². The van der Waals surface area contributed by atoms with Gasteiger partial charge < -0.3 is 10.3 Å². The van der Waals surface area contributed by atoms with Gasteiger partial charge in [0.05, 0.1) is 17.2 Å². The van der Waals surface area contributed by atoms with Crippen LogP contribution in [0.5, 0.6) is 0 Å². The van der Waals surface area contributed by atoms with Crippen molar-refractivity contribution in [2.75, 3.05) is 11.9 Å². The van der Waals surface area contributed by atoms with Crippen LogP contribution in [0.25, 0.3) is 21.8 Å². The third kappa shape index (κ3) is 3.23. The summed E-state index contributed by atoms with van der Waals surface area (Å²) in [6.45, 7) is 4.62. The van der Waals surface area contributed by atoms with Gasteiger partial charge in [-0.3, -0.25) is 9.69 Å². The first-order valence-electron chi connectivity index (χ1n) is 10.9. The second kappa shape index (κ2) is 6.96. The summed E-state index contributed by atoms with van der Waals surface area (Å²) in [5.74, 6) is 0.351. The highest BCUT2D eigenvalue weighted by Crippen LogP contribution is 2.52. The maximum atomic E-state index is 12.7. The van der Waals surface area contributed by atoms with E-state index in [-0.39, 0.29) is 15.4 Å². The first-order chi connectivity index (χ1) is 15.1. The zero-order chi connectivity index (χ0) is 21.0. The molecule has 31 heavy (non-hydrogen) atoms. The fourth-order valence-electron chi connectivity index (χ4n) is 5.22. The Morgan fingerprint density at radius 3 is 3.06 bits per heavy atom. The summed E-state index contributed by atoms with van der Waals surface area (Å²) >= 11 is 0. The molecule has 2 N–H and O–H groups in total. The summed E-state index contributed by atoms with van der Waals surface area (Å²) in [4.78, 5) is 23.4. The smallest absolute Gasteiger partial charge is 0.256 e. The second-order valence-electron chi connectivity index (χ2n) is 8.94. The summed E-state index contributed by atoms with van der Waals surface area (Å²) in [7, 11) is 0.0549. The van der Waals surface area contributed by atoms with E-state index >= 15 is 0 Å². The van der Waals surface area contributed by atoms with E-state index in [4.69, 9.17) is 0 Å². The Balaban J connectivity index is 1.21. The Morgan fingerprint density at radius 1 is 1.29 bits per heavy atom. The molecule has 6 rings (SSSR count). The minimum Gasteiger partial charge on any atom is -0.357 e. The maximum Gasteiger partial charge on any atom is 0.256 e. The fraction of sp³-hybridized carbons (Fsp3) is 0.304. The summed E-state index contributed by atoms with van der Waals surface area (Å²) < 4.78 is 0. The number of aromatic nitrogens is 4. The van der Waals surface area contributed by atoms with E-state index in [2.05, 4.69) is 43.4 Å². The van der Waals surface area contributed by atoms with Crippen LogP contribution in [-0.2, 0) is 6.54 Å². The molecule has 1 amide bonds. The number of hydrogen-bond acceptors (Lipinski definition) is 5. The van der Waals surface area contributed by atoms with Crippen LogP contribution in [-0.4, -0.2) is 52.2 Å². The molecule has 2 aliphatic heterocycles. The Morgan fingerprint density at radius 2 is 2.19 bits per heavy atom. The van der Waals surface area contributed by atoms with Crippen LogP contribution in [0.2, 0.25) is 5.54 Å². The predicted octanol–water partition coefficient (Wildman–Crippen LogP) is 3.04. The van der Waals surface area contributed by atoms with Gasteiger partial charge in [0.25, 0.3) is 5.91 Å². The fourth-order valence-corrected chi connectivity index (χ4v) is 7.60. The van der Waals surface area contributed by atoms with Crippen molar-refractivity contribution in [1.82, 2.24) is 25.1 Å². The molecule has 0 bridgehead atoms. The lowest BCUT2D eigenvalue weighted by molar-refractivity contribution is 0.102. The molecule has 0 aliphatic carbocycles. The Hall–Kier alpha value is -3.10. The maximum absolute atomic E-state index is 12.7. The molecule has 2 fully saturated rings. The number of aromatic amines is 1. The topological polar surface area (TPSA) is 86.8 Å². The van der Waals surface area contributed by atoms with Gasteiger partial charge in [0.2, 0.25) is 0 Å². The average molecular weight is 429 g/mol. The lowest BCUT2D eigenvalue weighted by Gasteiger charge is -2.24. The molecule has 7 nitrogen and oxygen atoms in total. The summed E-state index contributed by atoms with van der Waals surface area (Å²) in [6.07, 6.45) is 6.17. The number of nitrogens with one attached hydrogen (secondary N) is 2. The van der Waals surface area contributed by atoms with E-state index in [0.717, 1.165) is 33.9 Å². The number of nitrogens with zero attached hydrogens (tertiary/aromatic N) is 4. The minimum atomic E-state index is -0.191. The molecule has 0 unspecified atom stereocenters. The molecular weight excluding hydrogens is 404 g/mol. The van der Waals surface area contributed by atoms with Crippen molar-refractivity contribution in [3.63, 3.8) is 0 Å². The molecule has 4 aromatic rings. The monoisotopic (exact) mass is 428 g/mol. The van der Waals surface area contributed by atoms with E-state index in [0.29, 0.717) is 16.5 Å². The Labute approximate surface area is 182 Å². The van der Waals surface area contributed by atoms with Crippen LogP contribution in [0, 0.1) is 0 Å². The molecule has 2 atom stereocenters. The molecule has 5 heterocycles. The van der Waals surface area contributed by atoms with Gasteiger partial charge in [-0.1, -0.05) is 6.92 Å². The van der Waals surface area contributed by atoms with E-state index in [1.807, 2.05) is 24.4 Å². The van der Waals surface area contributed by atoms with Gasteiger partial charge in [-0.15, -0.1) is 0 Å². The number of hydrogen-bond donors (Lipinski definition) is 2. The highest BCUT2D eigenvalue weighted by Gasteiger charge is 2.57. The van der Waals surface area contributed by atoms with Gasteiger partial charge >= 0.3 is 0 Å². The lowest BCUT2D eigenvalue weighted by Crippen LogP contribution is -2.32. The largest absolute Gasteiger partial charge is 0.357 e. The minimum absolute atomic E-state index is 0.0549. The van der Waals surface area contributed by atoms with Crippen LogP contribution in [0.4, 0.5) is 5.82 Å². The van der Waals surface area contributed by atoms with E-state index < -0.39 is 0 Å². The van der Waals surface area contributed by atoms with Crippen molar-refractivity contribution in [2.24, 2.45) is 0 Å². The normalized spacial score (nSPS) is 23.8. The van der Waals surface area contributed by atoms with Crippen molar-refractivity contribution in [1.29, 1.82) is 0 Å². The molecule has 2 saturated heterocycles. The molecular formula is C23H24N6OSi. The van der Waals surface area contributed by atoms with Crippen LogP contribution in [0.3, 0.4) is 0 Å². The molecule has 3 aromatic heterocycles. The van der Waals surface area contributed by atoms with Gasteiger partial charge in [-0.25, -0.2) is 4.98 Å². The zero-order valence-corrected chi connectivity index (χ0v) is 18.8. The number of carbonyl (C=O) groups is 1. The number of H-pyrrole nitrogens is 1. The number of fused-ring (bicyclic) bond motifs is 2. The average Bonchev–Trinajstić information content (AvgIpc) is 3.09. The molecule has 1 aromatic carbocycles. The van der Waals surface area contributed by atoms with Crippen molar-refractivity contribution < 1.29 is 4.79 Å². The number of pyridine rings is 1. The van der Waals surface area contributed by atoms with Gasteiger partial charge in [0, 0.05) is 55.5 Å². The van der Waals surface area contributed by atoms with Crippen molar-refractivity contribution in [2.45, 2.75) is 37.0 Å². The third-order valence-corrected chi connectivity index (χ3v) is 9.99. The van der Waals surface area contributed by atoms with Gasteiger partial charge in [-0.2, -0.15) is 10.2 Å². The first-order valence-corrected chi connectivity index (χ1v) is 12.4. The van der Waals surface area contributed by atoms with Crippen molar-refractivity contribution >= 4 is 43.1 Å². The van der Waals surface area contributed by atoms with Crippen LogP contribution >= 0.6 is 0 Å². The molecule has 156 valence electrons. The number of benzene rings is 1. The van der Waals surface area contributed by atoms with Crippen LogP contribution in [0.1, 0.15) is 35.8 Å². The third-order valence-electron chi connectivity index (χ3n) is 7.02. The second-order valence-corrected chi connectivity index (χ2v) is 11.8. The number of amides is 1. The number of anilines is 1. The van der Waals surface area contributed by atoms with Crippen molar-refractivity contribution in [3.05, 3.63) is 60.0 Å². The SMILES string of the molecule is C[C@H]1[SiH2][C@@]12CCCN2Cc1cc2cnc(NC(=O)c3ccc4nnccc4c3)cc2[nH]1. The quantitative estimate of drug-likeness (QED) is 0.488. The van der Waals surface area contributed by atoms with Gasteiger partial charge in [0.15, 0.2) is 0 Å². The molecule has 2 aliphatic rings. The van der Waals surface area contributed by atoms with Gasteiger partial charge in [0.1, 0.15) is 5.82 Å². The number of carbonyl (C=O) groups excluding carboxylic acids is 1. The molecule has 1 spiro atoms. The summed E-state index contributed by atoms with van der Waals surface area (Å²) in [5.41, 5.74) is 4.51. The summed E-state index contributed by atoms with van der Waals surface area (Å²) in [6, 6.07) is 11.3. The number of rotatable bonds is 4. The highest BCUT2D eigenvalue weighted by atomic mass is 28.2. The first kappa shape index (κ1) is 18.6. The number of likely N-dealkylation sites (tertiary alicyclic amines) is 1. The molecule has 0 radical (unpaired) electrons. The van der Waals surface area contributed by atoms with Crippen LogP contribution < -0.4 is 5.32 Å². The highest BCUT2D eigenvalue weighted by molar-refractivity contribution is 6.57. The van der Waals surface area contributed by atoms with Gasteiger partial charge in [-0.05, 0) is 55.3 Å². The molecule has 8 heteroatoms. The Bertz CT molecular complexity index is 1320. The Kier molecular flexibility index (Phi) is 4.19. The molecule has 0 saturated carbocycles. The zero-order valence-electron chi connectivity index (χ0n) is 17.4. The standard InChI is InChI=1S/C23H24N6OSi/c1-14-23(31-14)6-2-8-29(23)13-18-10-17-12-24-21(11-20(17)26-18)27-22(30)16-3-4-19-15(9-16)5-7-25-28-19/h3-5,7,9-12,14,26H,2,6,8,13,31H2,1H3,(H,24,27,30)/t14-,23+/m1/s1. The van der Waals surface area contributed by atoms with Crippen LogP contribution in [0.15, 0.2) is 48.8 Å². The van der Waals surface area contributed by atoms with Crippen molar-refractivity contribution in [3.8, 4) is 0 Å².